The van der Waals surface area contributed by atoms with Crippen molar-refractivity contribution in [2.75, 3.05) is 5.32 Å². The normalized spacial score (nSPS) is 12.2. The highest BCUT2D eigenvalue weighted by atomic mass is 35.5. The van der Waals surface area contributed by atoms with Gasteiger partial charge in [0.15, 0.2) is 0 Å². The van der Waals surface area contributed by atoms with Crippen LogP contribution in [-0.4, -0.2) is 5.91 Å². The van der Waals surface area contributed by atoms with Crippen LogP contribution in [0.3, 0.4) is 0 Å². The Labute approximate surface area is 130 Å². The van der Waals surface area contributed by atoms with E-state index < -0.39 is 10.8 Å². The van der Waals surface area contributed by atoms with Crippen molar-refractivity contribution < 1.29 is 13.6 Å². The van der Waals surface area contributed by atoms with Crippen molar-refractivity contribution >= 4 is 34.5 Å². The molecule has 0 saturated heterocycles. The zero-order chi connectivity index (χ0) is 15.7. The number of carbonyl (C=O) groups is 1. The summed E-state index contributed by atoms with van der Waals surface area (Å²) in [5.74, 6) is -0.268. The van der Waals surface area contributed by atoms with E-state index in [1.807, 2.05) is 16.8 Å². The van der Waals surface area contributed by atoms with Crippen molar-refractivity contribution in [2.45, 2.75) is 24.6 Å². The van der Waals surface area contributed by atoms with Crippen molar-refractivity contribution in [3.8, 4) is 0 Å². The number of amides is 1. The summed E-state index contributed by atoms with van der Waals surface area (Å²) in [4.78, 5) is 12.4. The molecule has 0 atom stereocenters. The zero-order valence-corrected chi connectivity index (χ0v) is 13.1. The van der Waals surface area contributed by atoms with Crippen molar-refractivity contribution in [3.63, 3.8) is 0 Å². The quantitative estimate of drug-likeness (QED) is 0.790. The molecule has 0 saturated carbocycles. The van der Waals surface area contributed by atoms with Gasteiger partial charge in [-0.05, 0) is 60.0 Å². The van der Waals surface area contributed by atoms with Gasteiger partial charge in [0, 0.05) is 11.3 Å². The molecule has 6 heteroatoms. The number of anilines is 1. The first-order chi connectivity index (χ1) is 9.71. The Morgan fingerprint density at radius 2 is 1.95 bits per heavy atom. The monoisotopic (exact) mass is 329 g/mol. The predicted molar refractivity (Wildman–Crippen MR) is 82.2 cm³/mol. The Morgan fingerprint density at radius 3 is 2.52 bits per heavy atom. The third kappa shape index (κ3) is 3.60. The van der Waals surface area contributed by atoms with Crippen molar-refractivity contribution in [1.29, 1.82) is 0 Å². The number of alkyl halides is 3. The first-order valence-corrected chi connectivity index (χ1v) is 7.55. The molecule has 1 heterocycles. The second-order valence-electron chi connectivity index (χ2n) is 5.17. The van der Waals surface area contributed by atoms with Gasteiger partial charge in [0.25, 0.3) is 0 Å². The van der Waals surface area contributed by atoms with E-state index >= 15 is 0 Å². The summed E-state index contributed by atoms with van der Waals surface area (Å²) in [5, 5.41) is 2.98. The molecule has 2 nitrogen and oxygen atoms in total. The van der Waals surface area contributed by atoms with E-state index in [1.165, 1.54) is 29.5 Å². The van der Waals surface area contributed by atoms with Crippen molar-refractivity contribution in [1.82, 2.24) is 0 Å². The van der Waals surface area contributed by atoms with E-state index in [0.29, 0.717) is 5.69 Å². The smallest absolute Gasteiger partial charge is 0.325 e. The summed E-state index contributed by atoms with van der Waals surface area (Å²) in [5.41, 5.74) is 0.0692. The lowest BCUT2D eigenvalue weighted by molar-refractivity contribution is -0.120. The van der Waals surface area contributed by atoms with Crippen LogP contribution in [0.25, 0.3) is 0 Å². The fourth-order valence-corrected chi connectivity index (χ4v) is 2.75. The molecule has 0 aliphatic rings. The molecule has 0 bridgehead atoms. The van der Waals surface area contributed by atoms with Gasteiger partial charge in [-0.1, -0.05) is 12.1 Å². The lowest BCUT2D eigenvalue weighted by Gasteiger charge is -2.23. The lowest BCUT2D eigenvalue weighted by atomic mass is 9.85. The number of carbonyl (C=O) groups excluding carboxylic acids is 1. The second-order valence-corrected chi connectivity index (χ2v) is 6.42. The molecule has 1 amide bonds. The van der Waals surface area contributed by atoms with Gasteiger partial charge >= 0.3 is 5.38 Å². The van der Waals surface area contributed by atoms with Crippen LogP contribution >= 0.6 is 22.9 Å². The fourth-order valence-electron chi connectivity index (χ4n) is 1.81. The Morgan fingerprint density at radius 1 is 1.24 bits per heavy atom. The average molecular weight is 330 g/mol. The molecule has 1 N–H and O–H groups in total. The number of nitrogens with one attached hydrogen (secondary N) is 1. The summed E-state index contributed by atoms with van der Waals surface area (Å²) in [6.45, 7) is 3.56. The average Bonchev–Trinajstić information content (AvgIpc) is 2.92. The molecule has 21 heavy (non-hydrogen) atoms. The third-order valence-corrected chi connectivity index (χ3v) is 4.16. The molecule has 1 aromatic carbocycles. The molecule has 0 fully saturated rings. The zero-order valence-electron chi connectivity index (χ0n) is 11.5. The predicted octanol–water partition coefficient (Wildman–Crippen LogP) is 4.95. The minimum absolute atomic E-state index is 0.268. The Kier molecular flexibility index (Phi) is 4.35. The van der Waals surface area contributed by atoms with Crippen LogP contribution in [0.5, 0.6) is 0 Å². The number of thiophene rings is 1. The largest absolute Gasteiger partial charge is 0.348 e. The van der Waals surface area contributed by atoms with Crippen LogP contribution in [0.15, 0.2) is 41.1 Å². The summed E-state index contributed by atoms with van der Waals surface area (Å²) in [7, 11) is 0. The van der Waals surface area contributed by atoms with Gasteiger partial charge in [0.05, 0.1) is 5.41 Å². The second kappa shape index (κ2) is 5.73. The van der Waals surface area contributed by atoms with E-state index in [4.69, 9.17) is 11.6 Å². The summed E-state index contributed by atoms with van der Waals surface area (Å²) < 4.78 is 26.2. The minimum Gasteiger partial charge on any atom is -0.325 e. The standard InChI is InChI=1S/C15H14ClF2NOS/c1-14(2,11-6-7-21-9-11)13(20)19-12-5-3-4-10(8-12)15(16,17)18/h3-9H,1-2H3,(H,19,20). The number of halogens is 3. The molecular weight excluding hydrogens is 316 g/mol. The van der Waals surface area contributed by atoms with E-state index in [9.17, 15) is 13.6 Å². The maximum absolute atomic E-state index is 13.1. The van der Waals surface area contributed by atoms with Gasteiger partial charge < -0.3 is 5.32 Å². The molecule has 1 aromatic heterocycles. The summed E-state index contributed by atoms with van der Waals surface area (Å²) >= 11 is 6.49. The highest BCUT2D eigenvalue weighted by Gasteiger charge is 2.31. The number of hydrogen-bond donors (Lipinski definition) is 1. The van der Waals surface area contributed by atoms with Crippen LogP contribution in [0.4, 0.5) is 14.5 Å². The first kappa shape index (κ1) is 15.9. The molecule has 0 aliphatic heterocycles. The van der Waals surface area contributed by atoms with E-state index in [2.05, 4.69) is 5.32 Å². The van der Waals surface area contributed by atoms with Crippen molar-refractivity contribution in [2.24, 2.45) is 0 Å². The Hall–Kier alpha value is -1.46. The van der Waals surface area contributed by atoms with Crippen molar-refractivity contribution in [3.05, 3.63) is 52.2 Å². The summed E-state index contributed by atoms with van der Waals surface area (Å²) in [6.07, 6.45) is 0. The lowest BCUT2D eigenvalue weighted by Crippen LogP contribution is -2.34. The van der Waals surface area contributed by atoms with Crippen LogP contribution in [0.2, 0.25) is 0 Å². The van der Waals surface area contributed by atoms with Crippen LogP contribution in [0, 0.1) is 0 Å². The van der Waals surface area contributed by atoms with E-state index in [-0.39, 0.29) is 11.5 Å². The van der Waals surface area contributed by atoms with Gasteiger partial charge in [-0.2, -0.15) is 20.1 Å². The van der Waals surface area contributed by atoms with Gasteiger partial charge in [-0.3, -0.25) is 4.79 Å². The fraction of sp³-hybridized carbons (Fsp3) is 0.267. The first-order valence-electron chi connectivity index (χ1n) is 6.22. The minimum atomic E-state index is -3.45. The molecule has 0 unspecified atom stereocenters. The van der Waals surface area contributed by atoms with Crippen LogP contribution < -0.4 is 5.32 Å². The van der Waals surface area contributed by atoms with Gasteiger partial charge in [0.2, 0.25) is 5.91 Å². The number of benzene rings is 1. The number of hydrogen-bond acceptors (Lipinski definition) is 2. The summed E-state index contributed by atoms with van der Waals surface area (Å²) in [6, 6.07) is 7.24. The third-order valence-electron chi connectivity index (χ3n) is 3.26. The highest BCUT2D eigenvalue weighted by Crippen LogP contribution is 2.34. The maximum atomic E-state index is 13.1. The van der Waals surface area contributed by atoms with Crippen LogP contribution in [0.1, 0.15) is 25.0 Å². The molecule has 112 valence electrons. The Balaban J connectivity index is 2.21. The van der Waals surface area contributed by atoms with Gasteiger partial charge in [-0.15, -0.1) is 0 Å². The Bertz CT molecular complexity index is 635. The van der Waals surface area contributed by atoms with Gasteiger partial charge in [0.1, 0.15) is 0 Å². The molecular formula is C15H14ClF2NOS. The molecule has 2 rings (SSSR count). The number of rotatable bonds is 4. The van der Waals surface area contributed by atoms with E-state index in [1.54, 1.807) is 19.9 Å². The SMILES string of the molecule is CC(C)(C(=O)Nc1cccc(C(F)(F)Cl)c1)c1ccsc1. The maximum Gasteiger partial charge on any atom is 0.348 e. The highest BCUT2D eigenvalue weighted by molar-refractivity contribution is 7.08. The molecule has 0 aliphatic carbocycles. The molecule has 2 aromatic rings. The van der Waals surface area contributed by atoms with Crippen LogP contribution in [-0.2, 0) is 15.6 Å². The molecule has 0 radical (unpaired) electrons. The van der Waals surface area contributed by atoms with Gasteiger partial charge in [-0.25, -0.2) is 0 Å². The van der Waals surface area contributed by atoms with E-state index in [0.717, 1.165) is 5.56 Å². The molecule has 0 spiro atoms. The topological polar surface area (TPSA) is 29.1 Å².